The van der Waals surface area contributed by atoms with Gasteiger partial charge in [0.15, 0.2) is 11.6 Å². The molecule has 0 spiro atoms. The first-order valence-electron chi connectivity index (χ1n) is 7.58. The molecule has 0 fully saturated rings. The number of H-pyrrole nitrogens is 1. The number of para-hydroxylation sites is 2. The van der Waals surface area contributed by atoms with Gasteiger partial charge in [0.05, 0.1) is 24.2 Å². The first-order chi connectivity index (χ1) is 12.0. The van der Waals surface area contributed by atoms with E-state index in [9.17, 15) is 19.6 Å². The number of carbonyl (C=O) groups is 2. The summed E-state index contributed by atoms with van der Waals surface area (Å²) >= 11 is 0. The van der Waals surface area contributed by atoms with Crippen molar-refractivity contribution in [2.75, 3.05) is 13.2 Å². The highest BCUT2D eigenvalue weighted by Crippen LogP contribution is 2.18. The normalized spacial score (nSPS) is 12.6. The van der Waals surface area contributed by atoms with Gasteiger partial charge in [-0.1, -0.05) is 17.3 Å². The third kappa shape index (κ3) is 3.82. The first kappa shape index (κ1) is 18.1. The number of benzene rings is 1. The fourth-order valence-electron chi connectivity index (χ4n) is 2.24. The lowest BCUT2D eigenvalue weighted by Crippen LogP contribution is -2.36. The molecule has 9 nitrogen and oxygen atoms in total. The number of oxime groups is 1. The molecule has 0 aliphatic rings. The van der Waals surface area contributed by atoms with Gasteiger partial charge in [0.25, 0.3) is 5.56 Å². The molecule has 9 heteroatoms. The zero-order valence-electron chi connectivity index (χ0n) is 13.7. The molecule has 2 aromatic rings. The average Bonchev–Trinajstić information content (AvgIpc) is 2.59. The first-order valence-corrected chi connectivity index (χ1v) is 7.58. The molecule has 0 amide bonds. The molecule has 2 N–H and O–H groups in total. The summed E-state index contributed by atoms with van der Waals surface area (Å²) in [4.78, 5) is 43.4. The number of nitrogens with one attached hydrogen (secondary N) is 1. The van der Waals surface area contributed by atoms with Crippen molar-refractivity contribution < 1.29 is 24.3 Å². The number of hydrogen-bond donors (Lipinski definition) is 2. The topological polar surface area (TPSA) is 131 Å². The minimum absolute atomic E-state index is 0.00233. The standard InChI is InChI=1S/C16H17N3O6/c1-3-24-15(21)11(13(19-23)16(22)25-4-2)12-14(20)18-10-8-6-5-7-9(10)17-12/h5-8,11,23H,3-4H2,1-2H3,(H,18,20)/b19-13+/t11-/m0/s1. The second-order valence-electron chi connectivity index (χ2n) is 4.86. The van der Waals surface area contributed by atoms with Gasteiger partial charge in [-0.15, -0.1) is 0 Å². The zero-order valence-corrected chi connectivity index (χ0v) is 13.7. The van der Waals surface area contributed by atoms with Crippen LogP contribution in [-0.2, 0) is 19.1 Å². The van der Waals surface area contributed by atoms with Crippen molar-refractivity contribution in [3.05, 3.63) is 40.3 Å². The van der Waals surface area contributed by atoms with Crippen molar-refractivity contribution >= 4 is 28.7 Å². The molecule has 0 unspecified atom stereocenters. The average molecular weight is 347 g/mol. The van der Waals surface area contributed by atoms with Crippen LogP contribution in [0.3, 0.4) is 0 Å². The Balaban J connectivity index is 2.63. The number of ether oxygens (including phenoxy) is 2. The third-order valence-electron chi connectivity index (χ3n) is 3.29. The second-order valence-corrected chi connectivity index (χ2v) is 4.86. The molecule has 132 valence electrons. The van der Waals surface area contributed by atoms with E-state index < -0.39 is 29.1 Å². The molecule has 0 aliphatic heterocycles. The Bertz CT molecular complexity index is 874. The lowest BCUT2D eigenvalue weighted by Gasteiger charge is -2.15. The summed E-state index contributed by atoms with van der Waals surface area (Å²) in [7, 11) is 0. The van der Waals surface area contributed by atoms with Crippen LogP contribution in [0.2, 0.25) is 0 Å². The quantitative estimate of drug-likeness (QED) is 0.344. The van der Waals surface area contributed by atoms with E-state index in [1.54, 1.807) is 38.1 Å². The largest absolute Gasteiger partial charge is 0.465 e. The molecular formula is C16H17N3O6. The Morgan fingerprint density at radius 1 is 1.24 bits per heavy atom. The van der Waals surface area contributed by atoms with E-state index >= 15 is 0 Å². The van der Waals surface area contributed by atoms with Gasteiger partial charge in [0.2, 0.25) is 0 Å². The summed E-state index contributed by atoms with van der Waals surface area (Å²) in [5, 5.41) is 12.1. The van der Waals surface area contributed by atoms with E-state index in [0.29, 0.717) is 11.0 Å². The van der Waals surface area contributed by atoms with Crippen LogP contribution in [0.15, 0.2) is 34.2 Å². The highest BCUT2D eigenvalue weighted by Gasteiger charge is 2.37. The van der Waals surface area contributed by atoms with Gasteiger partial charge in [-0.25, -0.2) is 9.78 Å². The molecule has 0 aliphatic carbocycles. The molecule has 1 aromatic carbocycles. The smallest absolute Gasteiger partial charge is 0.357 e. The van der Waals surface area contributed by atoms with Crippen LogP contribution >= 0.6 is 0 Å². The van der Waals surface area contributed by atoms with Crippen molar-refractivity contribution in [3.8, 4) is 0 Å². The maximum atomic E-state index is 12.4. The van der Waals surface area contributed by atoms with Gasteiger partial charge in [-0.05, 0) is 26.0 Å². The van der Waals surface area contributed by atoms with E-state index in [1.807, 2.05) is 0 Å². The van der Waals surface area contributed by atoms with E-state index in [1.165, 1.54) is 0 Å². The van der Waals surface area contributed by atoms with Gasteiger partial charge >= 0.3 is 11.9 Å². The fourth-order valence-corrected chi connectivity index (χ4v) is 2.24. The minimum Gasteiger partial charge on any atom is -0.465 e. The number of aromatic amines is 1. The summed E-state index contributed by atoms with van der Waals surface area (Å²) in [5.74, 6) is -3.61. The van der Waals surface area contributed by atoms with Crippen molar-refractivity contribution in [1.29, 1.82) is 0 Å². The highest BCUT2D eigenvalue weighted by atomic mass is 16.5. The Kier molecular flexibility index (Phi) is 5.83. The van der Waals surface area contributed by atoms with Crippen molar-refractivity contribution in [3.63, 3.8) is 0 Å². The Morgan fingerprint density at radius 2 is 1.92 bits per heavy atom. The lowest BCUT2D eigenvalue weighted by molar-refractivity contribution is -0.145. The summed E-state index contributed by atoms with van der Waals surface area (Å²) in [6, 6.07) is 6.67. The van der Waals surface area contributed by atoms with Gasteiger partial charge in [-0.2, -0.15) is 0 Å². The fraction of sp³-hybridized carbons (Fsp3) is 0.312. The molecule has 0 radical (unpaired) electrons. The number of aromatic nitrogens is 2. The molecule has 1 atom stereocenters. The SMILES string of the molecule is CCOC(=O)/C(=N/O)[C@@H](C(=O)OCC)c1nc2ccccc2[nH]c1=O. The molecule has 1 aromatic heterocycles. The number of rotatable bonds is 6. The van der Waals surface area contributed by atoms with Crippen LogP contribution in [0.1, 0.15) is 25.5 Å². The minimum atomic E-state index is -1.61. The van der Waals surface area contributed by atoms with Crippen LogP contribution in [0.5, 0.6) is 0 Å². The molecule has 25 heavy (non-hydrogen) atoms. The molecule has 0 bridgehead atoms. The Hall–Kier alpha value is -3.23. The molecular weight excluding hydrogens is 330 g/mol. The number of carbonyl (C=O) groups excluding carboxylic acids is 2. The van der Waals surface area contributed by atoms with Crippen LogP contribution in [0.4, 0.5) is 0 Å². The second kappa shape index (κ2) is 8.04. The van der Waals surface area contributed by atoms with Crippen LogP contribution < -0.4 is 5.56 Å². The molecule has 0 saturated heterocycles. The van der Waals surface area contributed by atoms with Crippen molar-refractivity contribution in [1.82, 2.24) is 9.97 Å². The van der Waals surface area contributed by atoms with E-state index in [0.717, 1.165) is 0 Å². The Morgan fingerprint density at radius 3 is 2.56 bits per heavy atom. The number of nitrogens with zero attached hydrogens (tertiary/aromatic N) is 2. The number of hydrogen-bond acceptors (Lipinski definition) is 8. The van der Waals surface area contributed by atoms with Gasteiger partial charge in [-0.3, -0.25) is 9.59 Å². The predicted octanol–water partition coefficient (Wildman–Crippen LogP) is 0.963. The van der Waals surface area contributed by atoms with Gasteiger partial charge in [0.1, 0.15) is 5.69 Å². The van der Waals surface area contributed by atoms with Gasteiger partial charge < -0.3 is 19.7 Å². The maximum absolute atomic E-state index is 12.4. The lowest BCUT2D eigenvalue weighted by atomic mass is 9.99. The summed E-state index contributed by atoms with van der Waals surface area (Å²) in [5.41, 5.74) is -0.848. The summed E-state index contributed by atoms with van der Waals surface area (Å²) in [6.07, 6.45) is 0. The van der Waals surface area contributed by atoms with Crippen LogP contribution in [-0.4, -0.2) is 46.0 Å². The Labute approximate surface area is 142 Å². The van der Waals surface area contributed by atoms with E-state index in [4.69, 9.17) is 9.47 Å². The third-order valence-corrected chi connectivity index (χ3v) is 3.29. The van der Waals surface area contributed by atoms with E-state index in [2.05, 4.69) is 15.1 Å². The van der Waals surface area contributed by atoms with Crippen LogP contribution in [0, 0.1) is 0 Å². The van der Waals surface area contributed by atoms with Crippen LogP contribution in [0.25, 0.3) is 11.0 Å². The molecule has 0 saturated carbocycles. The van der Waals surface area contributed by atoms with E-state index in [-0.39, 0.29) is 18.9 Å². The van der Waals surface area contributed by atoms with Crippen molar-refractivity contribution in [2.24, 2.45) is 5.16 Å². The number of fused-ring (bicyclic) bond motifs is 1. The number of esters is 2. The molecule has 2 rings (SSSR count). The maximum Gasteiger partial charge on any atom is 0.357 e. The predicted molar refractivity (Wildman–Crippen MR) is 87.6 cm³/mol. The monoisotopic (exact) mass is 347 g/mol. The molecule has 1 heterocycles. The zero-order chi connectivity index (χ0) is 18.4. The highest BCUT2D eigenvalue weighted by molar-refractivity contribution is 6.42. The summed E-state index contributed by atoms with van der Waals surface area (Å²) < 4.78 is 9.68. The van der Waals surface area contributed by atoms with Crippen molar-refractivity contribution in [2.45, 2.75) is 19.8 Å². The summed E-state index contributed by atoms with van der Waals surface area (Å²) in [6.45, 7) is 3.11. The van der Waals surface area contributed by atoms with Gasteiger partial charge in [0, 0.05) is 0 Å².